The molecule has 126 heavy (non-hydrogen) atoms. The van der Waals surface area contributed by atoms with Gasteiger partial charge < -0.3 is 33.5 Å². The van der Waals surface area contributed by atoms with Crippen molar-refractivity contribution in [3.63, 3.8) is 0 Å². The monoisotopic (exact) mass is 1790 g/mol. The second kappa shape index (κ2) is 36.7. The number of fused-ring (bicyclic) bond motifs is 6. The van der Waals surface area contributed by atoms with E-state index in [1.165, 1.54) is 109 Å². The molecule has 0 saturated carbocycles. The molecule has 12 aromatic rings. The number of halogens is 16. The normalized spacial score (nSPS) is 15.8. The van der Waals surface area contributed by atoms with Crippen molar-refractivity contribution in [1.29, 1.82) is 0 Å². The molecule has 636 valence electrons. The predicted octanol–water partition coefficient (Wildman–Crippen LogP) is 26.0. The number of aromatic hydroxyl groups is 1. The van der Waals surface area contributed by atoms with Gasteiger partial charge in [-0.05, 0) is 223 Å². The molecule has 6 aliphatic heterocycles. The van der Waals surface area contributed by atoms with Crippen molar-refractivity contribution < 1.29 is 128 Å². The van der Waals surface area contributed by atoms with Gasteiger partial charge in [0.25, 0.3) is 0 Å². The summed E-state index contributed by atoms with van der Waals surface area (Å²) in [6.07, 6.45) is -13.6. The Labute approximate surface area is 714 Å². The fourth-order valence-electron chi connectivity index (χ4n) is 12.7. The molecule has 0 atom stereocenters. The molecule has 0 radical (unpaired) electrons. The Hall–Kier alpha value is -14.9. The number of carbonyl (C=O) groups is 6. The van der Waals surface area contributed by atoms with E-state index in [-0.39, 0.29) is 80.3 Å². The standard InChI is InChI=1S/C17H11F3O2.C16H8BrF3O2.C16H9F3O3.2C16H9F3O2.C16H12O2/c1-10-6-7-14-12(8-10)16(21)15(22-14)9-11-4-2-3-5-13(11)17(18,19)20;17-11-5-6-13-12(8-11)15(21)14(22-13)7-9-1-3-10(4-2-9)16(18,19)20;17-16(18,19)10-3-1-9(2-4-10)7-14-15(21)12-6-5-11(20)8-13(12)22-14;17-16(18,19)11-5-3-4-10(8-11)9-14-15(20)12-6-1-2-7-13(12)21-14;17-16(18,19)11-7-5-10(6-8-11)9-14-15(20)12-3-1-2-4-13(12)21-14;1-11-6-2-3-7-12(11)10-15-16(17)13-8-4-5-9-14(13)18-15/h2-9H,1H3;1-8H;1-8,20H;2*1-9H;2-10H,1H3/b15-9-;2*14-7-;2*14-9-;15-10-. The number of hydrogen-bond acceptors (Lipinski definition) is 13. The molecule has 0 fully saturated rings. The van der Waals surface area contributed by atoms with Crippen LogP contribution >= 0.6 is 15.9 Å². The summed E-state index contributed by atoms with van der Waals surface area (Å²) < 4.78 is 223. The minimum Gasteiger partial charge on any atom is -0.508 e. The molecule has 0 unspecified atom stereocenters. The average molecular weight is 1800 g/mol. The van der Waals surface area contributed by atoms with Crippen molar-refractivity contribution in [2.24, 2.45) is 0 Å². The highest BCUT2D eigenvalue weighted by atomic mass is 79.9. The molecule has 13 nitrogen and oxygen atoms in total. The number of allylic oxidation sites excluding steroid dienone is 6. The number of phenols is 1. The zero-order chi connectivity index (χ0) is 90.3. The summed E-state index contributed by atoms with van der Waals surface area (Å²) in [7, 11) is 0. The average Bonchev–Trinajstić information content (AvgIpc) is 1.48. The van der Waals surface area contributed by atoms with Crippen molar-refractivity contribution in [3.05, 3.63) is 418 Å². The highest BCUT2D eigenvalue weighted by molar-refractivity contribution is 9.10. The van der Waals surface area contributed by atoms with E-state index in [1.807, 2.05) is 56.3 Å². The summed E-state index contributed by atoms with van der Waals surface area (Å²) in [6.45, 7) is 3.84. The third kappa shape index (κ3) is 21.2. The number of Topliss-reactive ketones (excluding diaryl/α,β-unsaturated/α-hetero) is 6. The number of hydrogen-bond donors (Lipinski definition) is 1. The molecule has 0 aromatic heterocycles. The predicted molar refractivity (Wildman–Crippen MR) is 439 cm³/mol. The molecule has 1 N–H and O–H groups in total. The van der Waals surface area contributed by atoms with Gasteiger partial charge in [0.2, 0.25) is 34.7 Å². The van der Waals surface area contributed by atoms with Gasteiger partial charge in [0.1, 0.15) is 40.2 Å². The van der Waals surface area contributed by atoms with Crippen LogP contribution in [0.15, 0.2) is 312 Å². The van der Waals surface area contributed by atoms with Gasteiger partial charge in [-0.2, -0.15) is 65.9 Å². The van der Waals surface area contributed by atoms with Crippen LogP contribution in [-0.4, -0.2) is 39.8 Å². The van der Waals surface area contributed by atoms with Gasteiger partial charge in [0.05, 0.1) is 61.2 Å². The number of benzene rings is 12. The number of ether oxygens (including phenoxy) is 6. The Morgan fingerprint density at radius 3 is 1.01 bits per heavy atom. The maximum absolute atomic E-state index is 13.0. The lowest BCUT2D eigenvalue weighted by Gasteiger charge is -2.10. The quantitative estimate of drug-likeness (QED) is 0.123. The van der Waals surface area contributed by atoms with E-state index in [2.05, 4.69) is 15.9 Å². The maximum atomic E-state index is 13.0. The summed E-state index contributed by atoms with van der Waals surface area (Å²) >= 11 is 3.27. The first-order valence-electron chi connectivity index (χ1n) is 37.3. The van der Waals surface area contributed by atoms with E-state index in [0.717, 1.165) is 81.8 Å². The van der Waals surface area contributed by atoms with E-state index in [0.29, 0.717) is 84.6 Å². The Balaban J connectivity index is 0.000000130. The molecule has 12 aromatic carbocycles. The van der Waals surface area contributed by atoms with Crippen LogP contribution in [0.3, 0.4) is 0 Å². The fraction of sp³-hybridized carbons (Fsp3) is 0.0722. The van der Waals surface area contributed by atoms with Crippen LogP contribution in [0, 0.1) is 13.8 Å². The second-order valence-corrected chi connectivity index (χ2v) is 28.8. The smallest absolute Gasteiger partial charge is 0.416 e. The molecular formula is C97H58BrF15O13. The highest BCUT2D eigenvalue weighted by Gasteiger charge is 2.38. The lowest BCUT2D eigenvalue weighted by atomic mass is 10.0. The molecular weight excluding hydrogens is 1740 g/mol. The van der Waals surface area contributed by atoms with Gasteiger partial charge in [0, 0.05) is 10.5 Å². The zero-order valence-electron chi connectivity index (χ0n) is 64.8. The van der Waals surface area contributed by atoms with Crippen molar-refractivity contribution >= 4 is 87.1 Å². The Bertz CT molecular complexity index is 6430. The molecule has 0 bridgehead atoms. The lowest BCUT2D eigenvalue weighted by Crippen LogP contribution is -2.08. The Morgan fingerprint density at radius 2 is 0.595 bits per heavy atom. The van der Waals surface area contributed by atoms with Crippen LogP contribution in [0.1, 0.15) is 134 Å². The minimum atomic E-state index is -4.49. The lowest BCUT2D eigenvalue weighted by molar-refractivity contribution is -0.138. The molecule has 18 rings (SSSR count). The van der Waals surface area contributed by atoms with Gasteiger partial charge in [-0.1, -0.05) is 155 Å². The van der Waals surface area contributed by atoms with E-state index in [1.54, 1.807) is 97.1 Å². The SMILES string of the molecule is Cc1ccc2c(c1)C(=O)/C(=C/c1ccccc1C(F)(F)F)O2.Cc1ccccc1/C=C1\Oc2ccccc2C1=O.O=C1/C(=C/c2ccc(C(F)(F)F)cc2)Oc2cc(O)ccc21.O=C1/C(=C/c2ccc(C(F)(F)F)cc2)Oc2ccc(Br)cc21.O=C1/C(=C/c2ccc(C(F)(F)F)cc2)Oc2ccccc21.O=C1/C(=C/c2cccc(C(F)(F)F)c2)Oc2ccccc21. The largest absolute Gasteiger partial charge is 0.508 e. The van der Waals surface area contributed by atoms with Crippen molar-refractivity contribution in [2.75, 3.05) is 0 Å². The van der Waals surface area contributed by atoms with E-state index in [9.17, 15) is 99.7 Å². The van der Waals surface area contributed by atoms with Gasteiger partial charge >= 0.3 is 30.9 Å². The van der Waals surface area contributed by atoms with Crippen LogP contribution in [0.25, 0.3) is 36.5 Å². The number of rotatable bonds is 6. The number of phenolic OH excluding ortho intramolecular Hbond substituents is 1. The second-order valence-electron chi connectivity index (χ2n) is 27.9. The first kappa shape index (κ1) is 88.9. The van der Waals surface area contributed by atoms with E-state index < -0.39 is 64.5 Å². The third-order valence-electron chi connectivity index (χ3n) is 19.0. The van der Waals surface area contributed by atoms with Crippen LogP contribution in [0.5, 0.6) is 40.2 Å². The molecule has 0 aliphatic carbocycles. The topological polar surface area (TPSA) is 178 Å². The highest BCUT2D eigenvalue weighted by Crippen LogP contribution is 2.43. The first-order valence-corrected chi connectivity index (χ1v) is 38.1. The molecule has 0 spiro atoms. The summed E-state index contributed by atoms with van der Waals surface area (Å²) in [5.41, 5.74) is 3.33. The Kier molecular flexibility index (Phi) is 25.9. The fourth-order valence-corrected chi connectivity index (χ4v) is 13.0. The van der Waals surface area contributed by atoms with Gasteiger partial charge in [-0.25, -0.2) is 0 Å². The zero-order valence-corrected chi connectivity index (χ0v) is 66.4. The van der Waals surface area contributed by atoms with Crippen molar-refractivity contribution in [2.45, 2.75) is 44.7 Å². The number of alkyl halides is 15. The number of aryl methyl sites for hydroxylation is 2. The number of ketones is 6. The molecule has 0 amide bonds. The number of carbonyl (C=O) groups excluding carboxylic acids is 6. The number of para-hydroxylation sites is 3. The molecule has 6 aliphatic rings. The first-order chi connectivity index (χ1) is 59.7. The van der Waals surface area contributed by atoms with E-state index in [4.69, 9.17) is 28.4 Å². The van der Waals surface area contributed by atoms with Crippen LogP contribution in [0.2, 0.25) is 0 Å². The molecule has 6 heterocycles. The molecule has 0 saturated heterocycles. The maximum Gasteiger partial charge on any atom is 0.416 e. The van der Waals surface area contributed by atoms with Crippen molar-refractivity contribution in [3.8, 4) is 40.2 Å². The van der Waals surface area contributed by atoms with Gasteiger partial charge in [-0.15, -0.1) is 0 Å². The summed E-state index contributed by atoms with van der Waals surface area (Å²) in [6, 6.07) is 66.2. The van der Waals surface area contributed by atoms with Crippen LogP contribution < -0.4 is 28.4 Å². The van der Waals surface area contributed by atoms with Crippen molar-refractivity contribution in [1.82, 2.24) is 0 Å². The summed E-state index contributed by atoms with van der Waals surface area (Å²) in [5, 5.41) is 9.35. The van der Waals surface area contributed by atoms with E-state index >= 15 is 0 Å². The van der Waals surface area contributed by atoms with Crippen LogP contribution in [-0.2, 0) is 30.9 Å². The van der Waals surface area contributed by atoms with Crippen LogP contribution in [0.4, 0.5) is 65.9 Å². The minimum absolute atomic E-state index is 0.000332. The van der Waals surface area contributed by atoms with Gasteiger partial charge in [0.15, 0.2) is 34.6 Å². The Morgan fingerprint density at radius 1 is 0.262 bits per heavy atom. The van der Waals surface area contributed by atoms with Gasteiger partial charge in [-0.3, -0.25) is 28.8 Å². The summed E-state index contributed by atoms with van der Waals surface area (Å²) in [5.74, 6) is 1.29. The summed E-state index contributed by atoms with van der Waals surface area (Å²) in [4.78, 5) is 72.7. The molecule has 29 heteroatoms. The third-order valence-corrected chi connectivity index (χ3v) is 19.5.